The third kappa shape index (κ3) is 4.89. The zero-order valence-corrected chi connectivity index (χ0v) is 18.0. The molecule has 0 saturated carbocycles. The van der Waals surface area contributed by atoms with E-state index in [4.69, 9.17) is 0 Å². The van der Waals surface area contributed by atoms with Gasteiger partial charge in [-0.2, -0.15) is 0 Å². The average Bonchev–Trinajstić information content (AvgIpc) is 3.33. The van der Waals surface area contributed by atoms with Gasteiger partial charge < -0.3 is 15.2 Å². The highest BCUT2D eigenvalue weighted by molar-refractivity contribution is 7.99. The standard InChI is InChI=1S/C20H17FN6O2S2/c1-27-16(10-22-18(29)12-6-2-3-7-13(12)21)25-26-20(27)30-11-17(28)24-19-23-14-8-4-5-9-15(14)31-19/h2-9H,10-11H2,1H3,(H,22,29)(H,23,24,28). The van der Waals surface area contributed by atoms with E-state index < -0.39 is 11.7 Å². The maximum Gasteiger partial charge on any atom is 0.254 e. The second-order valence-electron chi connectivity index (χ2n) is 6.44. The first-order valence-electron chi connectivity index (χ1n) is 9.20. The molecule has 2 aromatic carbocycles. The highest BCUT2D eigenvalue weighted by Gasteiger charge is 2.15. The molecule has 0 spiro atoms. The van der Waals surface area contributed by atoms with Gasteiger partial charge in [-0.1, -0.05) is 47.4 Å². The molecule has 2 N–H and O–H groups in total. The zero-order valence-electron chi connectivity index (χ0n) is 16.3. The molecular weight excluding hydrogens is 439 g/mol. The summed E-state index contributed by atoms with van der Waals surface area (Å²) < 4.78 is 16.4. The summed E-state index contributed by atoms with van der Waals surface area (Å²) in [6, 6.07) is 13.4. The summed E-state index contributed by atoms with van der Waals surface area (Å²) in [5.41, 5.74) is 0.802. The molecule has 0 atom stereocenters. The van der Waals surface area contributed by atoms with Crippen LogP contribution in [0.2, 0.25) is 0 Å². The molecule has 0 bridgehead atoms. The van der Waals surface area contributed by atoms with Crippen LogP contribution in [-0.2, 0) is 18.4 Å². The van der Waals surface area contributed by atoms with Crippen LogP contribution in [0.5, 0.6) is 0 Å². The molecule has 0 unspecified atom stereocenters. The molecule has 0 saturated heterocycles. The van der Waals surface area contributed by atoms with Gasteiger partial charge in [-0.05, 0) is 24.3 Å². The lowest BCUT2D eigenvalue weighted by molar-refractivity contribution is -0.113. The molecule has 2 heterocycles. The molecule has 4 aromatic rings. The molecule has 31 heavy (non-hydrogen) atoms. The second-order valence-corrected chi connectivity index (χ2v) is 8.42. The van der Waals surface area contributed by atoms with E-state index in [1.54, 1.807) is 17.7 Å². The van der Waals surface area contributed by atoms with Gasteiger partial charge in [0.1, 0.15) is 5.82 Å². The number of para-hydroxylation sites is 1. The van der Waals surface area contributed by atoms with E-state index in [2.05, 4.69) is 25.8 Å². The summed E-state index contributed by atoms with van der Waals surface area (Å²) in [6.45, 7) is 0.0785. The average molecular weight is 457 g/mol. The van der Waals surface area contributed by atoms with Crippen molar-refractivity contribution in [2.45, 2.75) is 11.7 Å². The number of fused-ring (bicyclic) bond motifs is 1. The van der Waals surface area contributed by atoms with Gasteiger partial charge in [0.2, 0.25) is 5.91 Å². The summed E-state index contributed by atoms with van der Waals surface area (Å²) in [6.07, 6.45) is 0. The molecular formula is C20H17FN6O2S2. The zero-order chi connectivity index (χ0) is 21.8. The van der Waals surface area contributed by atoms with Gasteiger partial charge in [-0.15, -0.1) is 10.2 Å². The second kappa shape index (κ2) is 9.23. The summed E-state index contributed by atoms with van der Waals surface area (Å²) in [7, 11) is 1.73. The van der Waals surface area contributed by atoms with Gasteiger partial charge in [-0.3, -0.25) is 9.59 Å². The number of nitrogens with zero attached hydrogens (tertiary/aromatic N) is 4. The van der Waals surface area contributed by atoms with Gasteiger partial charge in [0.25, 0.3) is 5.91 Å². The largest absolute Gasteiger partial charge is 0.345 e. The SMILES string of the molecule is Cn1c(CNC(=O)c2ccccc2F)nnc1SCC(=O)Nc1nc2ccccc2s1. The maximum atomic E-state index is 13.7. The van der Waals surface area contributed by atoms with Crippen LogP contribution in [-0.4, -0.2) is 37.3 Å². The number of carbonyl (C=O) groups excluding carboxylic acids is 2. The van der Waals surface area contributed by atoms with Crippen molar-refractivity contribution in [3.8, 4) is 0 Å². The number of benzene rings is 2. The summed E-state index contributed by atoms with van der Waals surface area (Å²) in [5.74, 6) is -0.720. The number of thiazole rings is 1. The normalized spacial score (nSPS) is 10.9. The van der Waals surface area contributed by atoms with Crippen molar-refractivity contribution in [2.75, 3.05) is 11.1 Å². The van der Waals surface area contributed by atoms with Gasteiger partial charge >= 0.3 is 0 Å². The van der Waals surface area contributed by atoms with Crippen LogP contribution >= 0.6 is 23.1 Å². The molecule has 2 aromatic heterocycles. The van der Waals surface area contributed by atoms with Crippen LogP contribution in [0.3, 0.4) is 0 Å². The minimum Gasteiger partial charge on any atom is -0.345 e. The molecule has 0 fully saturated rings. The fourth-order valence-corrected chi connectivity index (χ4v) is 4.35. The lowest BCUT2D eigenvalue weighted by Gasteiger charge is -2.06. The molecule has 8 nitrogen and oxygen atoms in total. The molecule has 4 rings (SSSR count). The molecule has 0 aliphatic carbocycles. The van der Waals surface area contributed by atoms with Crippen molar-refractivity contribution in [3.63, 3.8) is 0 Å². The Bertz CT molecular complexity index is 1220. The van der Waals surface area contributed by atoms with Crippen molar-refractivity contribution >= 4 is 50.3 Å². The summed E-state index contributed by atoms with van der Waals surface area (Å²) >= 11 is 2.63. The van der Waals surface area contributed by atoms with Gasteiger partial charge in [-0.25, -0.2) is 9.37 Å². The van der Waals surface area contributed by atoms with E-state index >= 15 is 0 Å². The Morgan fingerprint density at radius 2 is 1.90 bits per heavy atom. The quantitative estimate of drug-likeness (QED) is 0.414. The lowest BCUT2D eigenvalue weighted by atomic mass is 10.2. The molecule has 11 heteroatoms. The third-order valence-electron chi connectivity index (χ3n) is 4.32. The van der Waals surface area contributed by atoms with E-state index in [0.717, 1.165) is 10.2 Å². The minimum absolute atomic E-state index is 0.0363. The Morgan fingerprint density at radius 1 is 1.13 bits per heavy atom. The summed E-state index contributed by atoms with van der Waals surface area (Å²) in [4.78, 5) is 28.8. The number of anilines is 1. The van der Waals surface area contributed by atoms with Crippen molar-refractivity contribution in [2.24, 2.45) is 7.05 Å². The Morgan fingerprint density at radius 3 is 2.71 bits per heavy atom. The van der Waals surface area contributed by atoms with Crippen LogP contribution in [0.1, 0.15) is 16.2 Å². The fraction of sp³-hybridized carbons (Fsp3) is 0.150. The van der Waals surface area contributed by atoms with E-state index in [9.17, 15) is 14.0 Å². The van der Waals surface area contributed by atoms with Gasteiger partial charge in [0, 0.05) is 7.05 Å². The first kappa shape index (κ1) is 20.9. The lowest BCUT2D eigenvalue weighted by Crippen LogP contribution is -2.25. The van der Waals surface area contributed by atoms with Crippen molar-refractivity contribution in [3.05, 3.63) is 65.7 Å². The molecule has 0 radical (unpaired) electrons. The highest BCUT2D eigenvalue weighted by Crippen LogP contribution is 2.25. The van der Waals surface area contributed by atoms with Crippen LogP contribution in [0.25, 0.3) is 10.2 Å². The number of halogens is 1. The Hall–Kier alpha value is -3.31. The summed E-state index contributed by atoms with van der Waals surface area (Å²) in [5, 5.41) is 14.6. The number of amides is 2. The van der Waals surface area contributed by atoms with Crippen LogP contribution in [0.4, 0.5) is 9.52 Å². The smallest absolute Gasteiger partial charge is 0.254 e. The van der Waals surface area contributed by atoms with Crippen molar-refractivity contribution in [1.82, 2.24) is 25.1 Å². The van der Waals surface area contributed by atoms with Gasteiger partial charge in [0.05, 0.1) is 28.1 Å². The monoisotopic (exact) mass is 456 g/mol. The van der Waals surface area contributed by atoms with Crippen molar-refractivity contribution in [1.29, 1.82) is 0 Å². The Kier molecular flexibility index (Phi) is 6.23. The molecule has 2 amide bonds. The first-order chi connectivity index (χ1) is 15.0. The Balaban J connectivity index is 1.31. The van der Waals surface area contributed by atoms with E-state index in [1.165, 1.54) is 41.3 Å². The highest BCUT2D eigenvalue weighted by atomic mass is 32.2. The minimum atomic E-state index is -0.589. The predicted octanol–water partition coefficient (Wildman–Crippen LogP) is 3.22. The van der Waals surface area contributed by atoms with E-state index in [-0.39, 0.29) is 23.8 Å². The Labute approximate surface area is 184 Å². The molecule has 0 aliphatic rings. The molecule has 158 valence electrons. The maximum absolute atomic E-state index is 13.7. The third-order valence-corrected chi connectivity index (χ3v) is 6.30. The van der Waals surface area contributed by atoms with Crippen LogP contribution in [0.15, 0.2) is 53.7 Å². The number of hydrogen-bond donors (Lipinski definition) is 2. The number of hydrogen-bond acceptors (Lipinski definition) is 7. The topological polar surface area (TPSA) is 102 Å². The number of carbonyl (C=O) groups is 2. The van der Waals surface area contributed by atoms with Crippen LogP contribution in [0, 0.1) is 5.82 Å². The predicted molar refractivity (Wildman–Crippen MR) is 118 cm³/mol. The fourth-order valence-electron chi connectivity index (χ4n) is 2.74. The van der Waals surface area contributed by atoms with E-state index in [0.29, 0.717) is 16.1 Å². The number of nitrogens with one attached hydrogen (secondary N) is 2. The number of thioether (sulfide) groups is 1. The van der Waals surface area contributed by atoms with Crippen LogP contribution < -0.4 is 10.6 Å². The molecule has 0 aliphatic heterocycles. The van der Waals surface area contributed by atoms with Crippen molar-refractivity contribution < 1.29 is 14.0 Å². The first-order valence-corrected chi connectivity index (χ1v) is 11.0. The van der Waals surface area contributed by atoms with Gasteiger partial charge in [0.15, 0.2) is 16.1 Å². The number of aromatic nitrogens is 4. The number of rotatable bonds is 7. The van der Waals surface area contributed by atoms with E-state index in [1.807, 2.05) is 24.3 Å².